The van der Waals surface area contributed by atoms with E-state index in [1.54, 1.807) is 11.2 Å². The maximum atomic E-state index is 13.0. The van der Waals surface area contributed by atoms with Gasteiger partial charge in [-0.2, -0.15) is 0 Å². The Bertz CT molecular complexity index is 984. The Morgan fingerprint density at radius 3 is 2.45 bits per heavy atom. The lowest BCUT2D eigenvalue weighted by molar-refractivity contribution is -0.134. The fourth-order valence-corrected chi connectivity index (χ4v) is 5.60. The van der Waals surface area contributed by atoms with Crippen LogP contribution >= 0.6 is 0 Å². The molecule has 2 aliphatic heterocycles. The summed E-state index contributed by atoms with van der Waals surface area (Å²) in [6.45, 7) is 3.31. The summed E-state index contributed by atoms with van der Waals surface area (Å²) >= 11 is 0. The van der Waals surface area contributed by atoms with Crippen molar-refractivity contribution in [2.24, 2.45) is 0 Å². The van der Waals surface area contributed by atoms with Crippen LogP contribution in [0.15, 0.2) is 34.7 Å². The van der Waals surface area contributed by atoms with Gasteiger partial charge in [0.15, 0.2) is 0 Å². The minimum absolute atomic E-state index is 0.0571. The van der Waals surface area contributed by atoms with Crippen molar-refractivity contribution in [3.05, 3.63) is 47.7 Å². The van der Waals surface area contributed by atoms with Gasteiger partial charge in [-0.25, -0.2) is 12.7 Å². The Morgan fingerprint density at radius 2 is 1.74 bits per heavy atom. The number of benzene rings is 1. The van der Waals surface area contributed by atoms with Gasteiger partial charge in [-0.1, -0.05) is 30.3 Å². The summed E-state index contributed by atoms with van der Waals surface area (Å²) in [6.07, 6.45) is 4.51. The molecule has 9 heteroatoms. The van der Waals surface area contributed by atoms with E-state index in [1.807, 2.05) is 35.2 Å². The molecule has 2 fully saturated rings. The first-order valence-electron chi connectivity index (χ1n) is 11.1. The molecule has 2 saturated heterocycles. The molecule has 0 aliphatic carbocycles. The van der Waals surface area contributed by atoms with Gasteiger partial charge in [-0.3, -0.25) is 4.79 Å². The van der Waals surface area contributed by atoms with Crippen LogP contribution in [-0.2, 0) is 21.2 Å². The van der Waals surface area contributed by atoms with E-state index < -0.39 is 10.0 Å². The minimum atomic E-state index is -3.16. The lowest BCUT2D eigenvalue weighted by atomic mass is 9.98. The monoisotopic (exact) mass is 446 g/mol. The number of amides is 1. The molecule has 1 aromatic heterocycles. The third kappa shape index (κ3) is 4.98. The second-order valence-electron chi connectivity index (χ2n) is 8.31. The number of hydrogen-bond acceptors (Lipinski definition) is 6. The molecule has 0 N–H and O–H groups in total. The van der Waals surface area contributed by atoms with E-state index in [2.05, 4.69) is 10.2 Å². The second-order valence-corrected chi connectivity index (χ2v) is 10.6. The molecular formula is C22H30N4O4S. The molecular weight excluding hydrogens is 416 g/mol. The number of rotatable bonds is 6. The van der Waals surface area contributed by atoms with Crippen molar-refractivity contribution in [2.45, 2.75) is 57.4 Å². The summed E-state index contributed by atoms with van der Waals surface area (Å²) in [5, 5.41) is 8.57. The van der Waals surface area contributed by atoms with Gasteiger partial charge in [0.2, 0.25) is 27.7 Å². The van der Waals surface area contributed by atoms with Gasteiger partial charge in [0.1, 0.15) is 6.04 Å². The predicted molar refractivity (Wildman–Crippen MR) is 116 cm³/mol. The normalized spacial score (nSPS) is 21.3. The molecule has 2 aliphatic rings. The van der Waals surface area contributed by atoms with Gasteiger partial charge in [0.25, 0.3) is 0 Å². The maximum Gasteiger partial charge on any atom is 0.238 e. The molecule has 1 atom stereocenters. The van der Waals surface area contributed by atoms with Crippen molar-refractivity contribution in [3.8, 4) is 0 Å². The molecule has 1 aromatic carbocycles. The largest absolute Gasteiger partial charge is 0.423 e. The van der Waals surface area contributed by atoms with Crippen LogP contribution < -0.4 is 0 Å². The zero-order valence-electron chi connectivity index (χ0n) is 17.9. The molecule has 4 rings (SSSR count). The lowest BCUT2D eigenvalue weighted by Crippen LogP contribution is -2.39. The van der Waals surface area contributed by atoms with Gasteiger partial charge in [-0.15, -0.1) is 10.2 Å². The first kappa shape index (κ1) is 22.0. The predicted octanol–water partition coefficient (Wildman–Crippen LogP) is 2.90. The molecule has 2 aromatic rings. The first-order valence-corrected chi connectivity index (χ1v) is 12.7. The molecule has 8 nitrogen and oxygen atoms in total. The summed E-state index contributed by atoms with van der Waals surface area (Å²) in [5.41, 5.74) is 0.997. The van der Waals surface area contributed by atoms with E-state index in [-0.39, 0.29) is 23.6 Å². The Balaban J connectivity index is 1.43. The van der Waals surface area contributed by atoms with Crippen LogP contribution in [0.5, 0.6) is 0 Å². The SMILES string of the molecule is CCS(=O)(=O)N1CCC(c2nnc(C3CCCCN3C(=O)Cc3ccccc3)o2)CC1. The summed E-state index contributed by atoms with van der Waals surface area (Å²) in [6, 6.07) is 9.57. The van der Waals surface area contributed by atoms with Crippen molar-refractivity contribution in [1.29, 1.82) is 0 Å². The summed E-state index contributed by atoms with van der Waals surface area (Å²) < 4.78 is 31.8. The van der Waals surface area contributed by atoms with Gasteiger partial charge >= 0.3 is 0 Å². The molecule has 0 radical (unpaired) electrons. The van der Waals surface area contributed by atoms with Crippen molar-refractivity contribution >= 4 is 15.9 Å². The number of likely N-dealkylation sites (tertiary alicyclic amines) is 1. The quantitative estimate of drug-likeness (QED) is 0.677. The van der Waals surface area contributed by atoms with Crippen molar-refractivity contribution in [1.82, 2.24) is 19.4 Å². The number of nitrogens with zero attached hydrogens (tertiary/aromatic N) is 4. The number of carbonyl (C=O) groups excluding carboxylic acids is 1. The van der Waals surface area contributed by atoms with E-state index in [1.165, 1.54) is 0 Å². The van der Waals surface area contributed by atoms with Crippen LogP contribution in [0.1, 0.15) is 68.3 Å². The molecule has 168 valence electrons. The summed E-state index contributed by atoms with van der Waals surface area (Å²) in [5.74, 6) is 1.32. The molecule has 0 saturated carbocycles. The minimum Gasteiger partial charge on any atom is -0.423 e. The van der Waals surface area contributed by atoms with Gasteiger partial charge in [0.05, 0.1) is 12.2 Å². The zero-order valence-corrected chi connectivity index (χ0v) is 18.8. The molecule has 0 spiro atoms. The smallest absolute Gasteiger partial charge is 0.238 e. The lowest BCUT2D eigenvalue weighted by Gasteiger charge is -2.33. The Hall–Kier alpha value is -2.26. The highest BCUT2D eigenvalue weighted by Gasteiger charge is 2.34. The summed E-state index contributed by atoms with van der Waals surface area (Å²) in [4.78, 5) is 14.9. The van der Waals surface area contributed by atoms with Gasteiger partial charge < -0.3 is 9.32 Å². The maximum absolute atomic E-state index is 13.0. The Labute approximate surface area is 183 Å². The van der Waals surface area contributed by atoms with Crippen LogP contribution in [0.4, 0.5) is 0 Å². The molecule has 1 unspecified atom stereocenters. The van der Waals surface area contributed by atoms with E-state index >= 15 is 0 Å². The topological polar surface area (TPSA) is 96.6 Å². The second kappa shape index (κ2) is 9.48. The fourth-order valence-electron chi connectivity index (χ4n) is 4.47. The fraction of sp³-hybridized carbons (Fsp3) is 0.591. The van der Waals surface area contributed by atoms with E-state index in [0.29, 0.717) is 50.7 Å². The van der Waals surface area contributed by atoms with Crippen LogP contribution in [0.3, 0.4) is 0 Å². The van der Waals surface area contributed by atoms with Crippen LogP contribution in [0.2, 0.25) is 0 Å². The number of piperidine rings is 2. The third-order valence-electron chi connectivity index (χ3n) is 6.32. The number of carbonyl (C=O) groups is 1. The molecule has 1 amide bonds. The number of sulfonamides is 1. The molecule has 31 heavy (non-hydrogen) atoms. The Morgan fingerprint density at radius 1 is 1.03 bits per heavy atom. The van der Waals surface area contributed by atoms with Gasteiger partial charge in [0, 0.05) is 25.6 Å². The highest BCUT2D eigenvalue weighted by Crippen LogP contribution is 2.34. The van der Waals surface area contributed by atoms with E-state index in [9.17, 15) is 13.2 Å². The standard InChI is InChI=1S/C22H30N4O4S/c1-2-31(28,29)25-14-11-18(12-15-25)21-23-24-22(30-21)19-10-6-7-13-26(19)20(27)16-17-8-4-3-5-9-17/h3-5,8-9,18-19H,2,6-7,10-16H2,1H3. The summed E-state index contributed by atoms with van der Waals surface area (Å²) in [7, 11) is -3.16. The van der Waals surface area contributed by atoms with E-state index in [0.717, 1.165) is 24.8 Å². The van der Waals surface area contributed by atoms with Crippen LogP contribution in [-0.4, -0.2) is 59.1 Å². The van der Waals surface area contributed by atoms with E-state index in [4.69, 9.17) is 4.42 Å². The highest BCUT2D eigenvalue weighted by molar-refractivity contribution is 7.89. The van der Waals surface area contributed by atoms with Gasteiger partial charge in [-0.05, 0) is 44.6 Å². The Kier molecular flexibility index (Phi) is 6.71. The number of hydrogen-bond donors (Lipinski definition) is 0. The van der Waals surface area contributed by atoms with Crippen molar-refractivity contribution in [2.75, 3.05) is 25.4 Å². The average molecular weight is 447 g/mol. The van der Waals surface area contributed by atoms with Crippen molar-refractivity contribution in [3.63, 3.8) is 0 Å². The van der Waals surface area contributed by atoms with Crippen LogP contribution in [0, 0.1) is 0 Å². The highest BCUT2D eigenvalue weighted by atomic mass is 32.2. The van der Waals surface area contributed by atoms with Crippen molar-refractivity contribution < 1.29 is 17.6 Å². The number of aromatic nitrogens is 2. The molecule has 3 heterocycles. The van der Waals surface area contributed by atoms with Crippen LogP contribution in [0.25, 0.3) is 0 Å². The third-order valence-corrected chi connectivity index (χ3v) is 8.21. The zero-order chi connectivity index (χ0) is 21.8. The molecule has 0 bridgehead atoms. The first-order chi connectivity index (χ1) is 15.0. The average Bonchev–Trinajstić information content (AvgIpc) is 3.30.